The highest BCUT2D eigenvalue weighted by molar-refractivity contribution is 5.75. The van der Waals surface area contributed by atoms with Gasteiger partial charge in [-0.1, -0.05) is 5.16 Å². The third-order valence-electron chi connectivity index (χ3n) is 3.26. The van der Waals surface area contributed by atoms with Crippen molar-refractivity contribution in [3.63, 3.8) is 0 Å². The second kappa shape index (κ2) is 7.10. The summed E-state index contributed by atoms with van der Waals surface area (Å²) in [5.74, 6) is 1.40. The Kier molecular flexibility index (Phi) is 5.14. The molecule has 0 spiro atoms. The molecule has 1 aliphatic heterocycles. The molecule has 1 unspecified atom stereocenters. The number of piperidine rings is 1. The fraction of sp³-hybridized carbons (Fsp3) is 0.750. The highest BCUT2D eigenvalue weighted by Crippen LogP contribution is 2.15. The minimum atomic E-state index is 0.115. The van der Waals surface area contributed by atoms with Crippen molar-refractivity contribution in [1.82, 2.24) is 20.8 Å². The fourth-order valence-electron chi connectivity index (χ4n) is 2.21. The largest absolute Gasteiger partial charge is 0.356 e. The Morgan fingerprint density at radius 3 is 3.28 bits per heavy atom. The summed E-state index contributed by atoms with van der Waals surface area (Å²) in [6.07, 6.45) is 5.97. The lowest BCUT2D eigenvalue weighted by molar-refractivity contribution is -0.121. The minimum absolute atomic E-state index is 0.115. The highest BCUT2D eigenvalue weighted by Gasteiger charge is 2.14. The zero-order valence-electron chi connectivity index (χ0n) is 10.5. The fourth-order valence-corrected chi connectivity index (χ4v) is 2.21. The molecule has 2 N–H and O–H groups in total. The van der Waals surface area contributed by atoms with E-state index in [1.807, 2.05) is 0 Å². The SMILES string of the molecule is O=C(CCC1CCCNC1)NCCc1ncon1. The Labute approximate surface area is 107 Å². The van der Waals surface area contributed by atoms with Gasteiger partial charge in [0.1, 0.15) is 0 Å². The summed E-state index contributed by atoms with van der Waals surface area (Å²) in [4.78, 5) is 15.5. The summed E-state index contributed by atoms with van der Waals surface area (Å²) in [6, 6.07) is 0. The number of rotatable bonds is 6. The van der Waals surface area contributed by atoms with Crippen LogP contribution in [0, 0.1) is 5.92 Å². The van der Waals surface area contributed by atoms with Crippen LogP contribution in [0.3, 0.4) is 0 Å². The van der Waals surface area contributed by atoms with Crippen LogP contribution in [0.25, 0.3) is 0 Å². The van der Waals surface area contributed by atoms with Gasteiger partial charge < -0.3 is 15.2 Å². The smallest absolute Gasteiger partial charge is 0.220 e. The lowest BCUT2D eigenvalue weighted by atomic mass is 9.94. The number of amides is 1. The van der Waals surface area contributed by atoms with Crippen molar-refractivity contribution in [1.29, 1.82) is 0 Å². The predicted molar refractivity (Wildman–Crippen MR) is 65.8 cm³/mol. The Morgan fingerprint density at radius 1 is 1.61 bits per heavy atom. The molecule has 1 aromatic rings. The van der Waals surface area contributed by atoms with Gasteiger partial charge in [0.15, 0.2) is 5.82 Å². The number of carbonyl (C=O) groups excluding carboxylic acids is 1. The van der Waals surface area contributed by atoms with Crippen LogP contribution in [0.1, 0.15) is 31.5 Å². The number of nitrogens with zero attached hydrogens (tertiary/aromatic N) is 2. The molecular weight excluding hydrogens is 232 g/mol. The molecule has 2 rings (SSSR count). The standard InChI is InChI=1S/C12H20N4O2/c17-12(4-3-10-2-1-6-13-8-10)14-7-5-11-15-9-18-16-11/h9-10,13H,1-8H2,(H,14,17). The van der Waals surface area contributed by atoms with E-state index in [0.717, 1.165) is 19.5 Å². The van der Waals surface area contributed by atoms with Crippen molar-refractivity contribution in [2.45, 2.75) is 32.1 Å². The van der Waals surface area contributed by atoms with Crippen molar-refractivity contribution < 1.29 is 9.32 Å². The Bertz CT molecular complexity index is 347. The number of aromatic nitrogens is 2. The number of nitrogens with one attached hydrogen (secondary N) is 2. The second-order valence-electron chi connectivity index (χ2n) is 4.70. The zero-order chi connectivity index (χ0) is 12.6. The van der Waals surface area contributed by atoms with Gasteiger partial charge in [-0.2, -0.15) is 4.98 Å². The lowest BCUT2D eigenvalue weighted by Gasteiger charge is -2.22. The summed E-state index contributed by atoms with van der Waals surface area (Å²) < 4.78 is 4.62. The maximum absolute atomic E-state index is 11.6. The average molecular weight is 252 g/mol. The average Bonchev–Trinajstić information content (AvgIpc) is 2.91. The van der Waals surface area contributed by atoms with Gasteiger partial charge >= 0.3 is 0 Å². The molecule has 0 bridgehead atoms. The van der Waals surface area contributed by atoms with E-state index in [1.165, 1.54) is 19.2 Å². The van der Waals surface area contributed by atoms with Gasteiger partial charge in [0.05, 0.1) is 0 Å². The maximum atomic E-state index is 11.6. The summed E-state index contributed by atoms with van der Waals surface area (Å²) in [5, 5.41) is 9.93. The predicted octanol–water partition coefficient (Wildman–Crippen LogP) is 0.508. The summed E-state index contributed by atoms with van der Waals surface area (Å²) in [5.41, 5.74) is 0. The molecule has 1 aliphatic rings. The molecule has 1 atom stereocenters. The van der Waals surface area contributed by atoms with Crippen LogP contribution in [0.5, 0.6) is 0 Å². The molecule has 2 heterocycles. The van der Waals surface area contributed by atoms with Gasteiger partial charge in [-0.15, -0.1) is 0 Å². The van der Waals surface area contributed by atoms with Gasteiger partial charge in [-0.25, -0.2) is 0 Å². The van der Waals surface area contributed by atoms with E-state index in [-0.39, 0.29) is 5.91 Å². The normalized spacial score (nSPS) is 19.7. The van der Waals surface area contributed by atoms with Gasteiger partial charge in [0.25, 0.3) is 0 Å². The van der Waals surface area contributed by atoms with Crippen molar-refractivity contribution in [2.75, 3.05) is 19.6 Å². The maximum Gasteiger partial charge on any atom is 0.220 e. The Balaban J connectivity index is 1.54. The summed E-state index contributed by atoms with van der Waals surface area (Å²) in [6.45, 7) is 2.74. The van der Waals surface area contributed by atoms with Crippen LogP contribution in [0.4, 0.5) is 0 Å². The van der Waals surface area contributed by atoms with Crippen LogP contribution in [-0.2, 0) is 11.2 Å². The van der Waals surface area contributed by atoms with E-state index in [1.54, 1.807) is 0 Å². The van der Waals surface area contributed by atoms with Crippen molar-refractivity contribution in [3.05, 3.63) is 12.2 Å². The second-order valence-corrected chi connectivity index (χ2v) is 4.70. The van der Waals surface area contributed by atoms with Crippen molar-refractivity contribution in [2.24, 2.45) is 5.92 Å². The van der Waals surface area contributed by atoms with E-state index >= 15 is 0 Å². The third kappa shape index (κ3) is 4.44. The van der Waals surface area contributed by atoms with Gasteiger partial charge in [-0.3, -0.25) is 4.79 Å². The Morgan fingerprint density at radius 2 is 2.56 bits per heavy atom. The van der Waals surface area contributed by atoms with Crippen LogP contribution in [0.2, 0.25) is 0 Å². The van der Waals surface area contributed by atoms with E-state index in [0.29, 0.717) is 31.1 Å². The monoisotopic (exact) mass is 252 g/mol. The van der Waals surface area contributed by atoms with Crippen LogP contribution in [0.15, 0.2) is 10.9 Å². The molecule has 1 aromatic heterocycles. The number of hydrogen-bond donors (Lipinski definition) is 2. The quantitative estimate of drug-likeness (QED) is 0.771. The molecule has 0 saturated carbocycles. The third-order valence-corrected chi connectivity index (χ3v) is 3.26. The molecule has 0 aromatic carbocycles. The topological polar surface area (TPSA) is 80.0 Å². The van der Waals surface area contributed by atoms with E-state index in [9.17, 15) is 4.79 Å². The molecule has 1 fully saturated rings. The first kappa shape index (κ1) is 13.0. The van der Waals surface area contributed by atoms with Gasteiger partial charge in [0, 0.05) is 19.4 Å². The van der Waals surface area contributed by atoms with Crippen molar-refractivity contribution >= 4 is 5.91 Å². The molecule has 1 amide bonds. The molecule has 1 saturated heterocycles. The van der Waals surface area contributed by atoms with E-state index in [2.05, 4.69) is 25.3 Å². The number of carbonyl (C=O) groups is 1. The molecule has 6 heteroatoms. The van der Waals surface area contributed by atoms with Crippen LogP contribution in [-0.4, -0.2) is 35.7 Å². The first-order valence-electron chi connectivity index (χ1n) is 6.57. The zero-order valence-corrected chi connectivity index (χ0v) is 10.5. The van der Waals surface area contributed by atoms with Crippen LogP contribution >= 0.6 is 0 Å². The Hall–Kier alpha value is -1.43. The van der Waals surface area contributed by atoms with Gasteiger partial charge in [-0.05, 0) is 38.3 Å². The van der Waals surface area contributed by atoms with E-state index in [4.69, 9.17) is 0 Å². The van der Waals surface area contributed by atoms with Crippen molar-refractivity contribution in [3.8, 4) is 0 Å². The number of hydrogen-bond acceptors (Lipinski definition) is 5. The molecule has 0 aliphatic carbocycles. The van der Waals surface area contributed by atoms with Crippen LogP contribution < -0.4 is 10.6 Å². The lowest BCUT2D eigenvalue weighted by Crippen LogP contribution is -2.31. The first-order valence-corrected chi connectivity index (χ1v) is 6.57. The molecule has 0 radical (unpaired) electrons. The van der Waals surface area contributed by atoms with E-state index < -0.39 is 0 Å². The minimum Gasteiger partial charge on any atom is -0.356 e. The molecule has 100 valence electrons. The molecule has 6 nitrogen and oxygen atoms in total. The molecular formula is C12H20N4O2. The summed E-state index contributed by atoms with van der Waals surface area (Å²) >= 11 is 0. The molecule has 18 heavy (non-hydrogen) atoms. The first-order chi connectivity index (χ1) is 8.84. The summed E-state index contributed by atoms with van der Waals surface area (Å²) in [7, 11) is 0. The highest BCUT2D eigenvalue weighted by atomic mass is 16.5. The van der Waals surface area contributed by atoms with Gasteiger partial charge in [0.2, 0.25) is 12.3 Å².